The molecule has 0 saturated heterocycles. The van der Waals surface area contributed by atoms with Crippen molar-refractivity contribution in [3.8, 4) is 0 Å². The van der Waals surface area contributed by atoms with E-state index in [1.165, 1.54) is 0 Å². The van der Waals surface area contributed by atoms with Crippen molar-refractivity contribution in [1.29, 1.82) is 0 Å². The standard InChI is InChI=1S/C14H14Cl2N2S/c1-2-5-10-8-13(16)18-14(17-10)9-19-12-7-4-3-6-11(12)15/h3-4,6-8H,2,5,9H2,1H3. The third kappa shape index (κ3) is 4.37. The third-order valence-corrected chi connectivity index (χ3v) is 4.20. The van der Waals surface area contributed by atoms with Crippen LogP contribution in [0.3, 0.4) is 0 Å². The Kier molecular flexibility index (Phi) is 5.49. The van der Waals surface area contributed by atoms with Crippen molar-refractivity contribution in [3.05, 3.63) is 52.0 Å². The average Bonchev–Trinajstić information content (AvgIpc) is 2.37. The molecule has 1 aromatic carbocycles. The topological polar surface area (TPSA) is 25.8 Å². The van der Waals surface area contributed by atoms with Crippen LogP contribution in [0.1, 0.15) is 24.9 Å². The molecule has 5 heteroatoms. The summed E-state index contributed by atoms with van der Waals surface area (Å²) in [7, 11) is 0. The van der Waals surface area contributed by atoms with Gasteiger partial charge in [0.1, 0.15) is 11.0 Å². The van der Waals surface area contributed by atoms with Gasteiger partial charge in [0, 0.05) is 10.6 Å². The fraction of sp³-hybridized carbons (Fsp3) is 0.286. The zero-order valence-corrected chi connectivity index (χ0v) is 12.9. The smallest absolute Gasteiger partial charge is 0.140 e. The van der Waals surface area contributed by atoms with Crippen LogP contribution in [0, 0.1) is 0 Å². The first-order valence-electron chi connectivity index (χ1n) is 6.08. The molecule has 0 saturated carbocycles. The monoisotopic (exact) mass is 312 g/mol. The van der Waals surface area contributed by atoms with Crippen molar-refractivity contribution in [2.24, 2.45) is 0 Å². The SMILES string of the molecule is CCCc1cc(Cl)nc(CSc2ccccc2Cl)n1. The van der Waals surface area contributed by atoms with E-state index < -0.39 is 0 Å². The fourth-order valence-electron chi connectivity index (χ4n) is 1.67. The van der Waals surface area contributed by atoms with Crippen LogP contribution in [0.15, 0.2) is 35.2 Å². The van der Waals surface area contributed by atoms with Crippen LogP contribution >= 0.6 is 35.0 Å². The summed E-state index contributed by atoms with van der Waals surface area (Å²) in [5, 5.41) is 1.26. The average molecular weight is 313 g/mol. The molecule has 2 rings (SSSR count). The molecule has 2 aromatic rings. The molecule has 0 unspecified atom stereocenters. The highest BCUT2D eigenvalue weighted by Crippen LogP contribution is 2.28. The van der Waals surface area contributed by atoms with Crippen LogP contribution in [0.4, 0.5) is 0 Å². The molecule has 0 aliphatic rings. The Bertz CT molecular complexity index is 561. The van der Waals surface area contributed by atoms with Crippen LogP contribution < -0.4 is 0 Å². The van der Waals surface area contributed by atoms with Crippen molar-refractivity contribution in [2.45, 2.75) is 30.4 Å². The van der Waals surface area contributed by atoms with Gasteiger partial charge in [0.2, 0.25) is 0 Å². The number of nitrogens with zero attached hydrogens (tertiary/aromatic N) is 2. The van der Waals surface area contributed by atoms with Crippen LogP contribution in [-0.2, 0) is 12.2 Å². The van der Waals surface area contributed by atoms with E-state index in [-0.39, 0.29) is 0 Å². The van der Waals surface area contributed by atoms with Crippen molar-refractivity contribution >= 4 is 35.0 Å². The first kappa shape index (κ1) is 14.6. The van der Waals surface area contributed by atoms with Gasteiger partial charge in [-0.25, -0.2) is 9.97 Å². The Morgan fingerprint density at radius 2 is 1.95 bits per heavy atom. The van der Waals surface area contributed by atoms with Crippen LogP contribution in [0.25, 0.3) is 0 Å². The van der Waals surface area contributed by atoms with Gasteiger partial charge in [-0.3, -0.25) is 0 Å². The molecule has 19 heavy (non-hydrogen) atoms. The summed E-state index contributed by atoms with van der Waals surface area (Å²) in [5.74, 6) is 1.42. The minimum absolute atomic E-state index is 0.508. The molecule has 0 N–H and O–H groups in total. The van der Waals surface area contributed by atoms with Gasteiger partial charge in [-0.15, -0.1) is 11.8 Å². The molecule has 2 nitrogen and oxygen atoms in total. The second-order valence-electron chi connectivity index (χ2n) is 4.07. The first-order chi connectivity index (χ1) is 9.19. The van der Waals surface area contributed by atoms with E-state index in [4.69, 9.17) is 23.2 Å². The molecule has 0 amide bonds. The van der Waals surface area contributed by atoms with E-state index in [0.29, 0.717) is 10.9 Å². The lowest BCUT2D eigenvalue weighted by Crippen LogP contribution is -1.98. The summed E-state index contributed by atoms with van der Waals surface area (Å²) in [4.78, 5) is 9.79. The molecule has 0 radical (unpaired) electrons. The molecule has 100 valence electrons. The molecule has 0 aliphatic heterocycles. The molecule has 0 bridgehead atoms. The van der Waals surface area contributed by atoms with Gasteiger partial charge >= 0.3 is 0 Å². The maximum atomic E-state index is 6.12. The highest BCUT2D eigenvalue weighted by molar-refractivity contribution is 7.98. The molecular formula is C14H14Cl2N2S. The van der Waals surface area contributed by atoms with Gasteiger partial charge in [0.05, 0.1) is 10.8 Å². The zero-order chi connectivity index (χ0) is 13.7. The number of aromatic nitrogens is 2. The molecule has 0 fully saturated rings. The fourth-order valence-corrected chi connectivity index (χ4v) is 2.99. The highest BCUT2D eigenvalue weighted by atomic mass is 35.5. The van der Waals surface area contributed by atoms with E-state index in [0.717, 1.165) is 34.3 Å². The predicted molar refractivity (Wildman–Crippen MR) is 82.1 cm³/mol. The van der Waals surface area contributed by atoms with Crippen LogP contribution in [0.2, 0.25) is 10.2 Å². The quantitative estimate of drug-likeness (QED) is 0.572. The van der Waals surface area contributed by atoms with Crippen molar-refractivity contribution in [3.63, 3.8) is 0 Å². The molecule has 1 heterocycles. The normalized spacial score (nSPS) is 10.7. The number of rotatable bonds is 5. The number of aryl methyl sites for hydroxylation is 1. The maximum absolute atomic E-state index is 6.12. The molecule has 0 aliphatic carbocycles. The Labute approximate surface area is 127 Å². The van der Waals surface area contributed by atoms with E-state index in [2.05, 4.69) is 16.9 Å². The third-order valence-electron chi connectivity index (χ3n) is 2.49. The van der Waals surface area contributed by atoms with Gasteiger partial charge in [-0.05, 0) is 24.6 Å². The Balaban J connectivity index is 2.09. The summed E-state index contributed by atoms with van der Waals surface area (Å²) in [6.45, 7) is 2.12. The number of halogens is 2. The first-order valence-corrected chi connectivity index (χ1v) is 7.83. The molecule has 0 spiro atoms. The van der Waals surface area contributed by atoms with E-state index in [1.807, 2.05) is 30.3 Å². The van der Waals surface area contributed by atoms with Crippen molar-refractivity contribution in [1.82, 2.24) is 9.97 Å². The lowest BCUT2D eigenvalue weighted by Gasteiger charge is -2.05. The Hall–Kier alpha value is -0.770. The Morgan fingerprint density at radius 3 is 2.68 bits per heavy atom. The number of benzene rings is 1. The number of hydrogen-bond donors (Lipinski definition) is 0. The van der Waals surface area contributed by atoms with Crippen LogP contribution in [-0.4, -0.2) is 9.97 Å². The number of thioether (sulfide) groups is 1. The summed E-state index contributed by atoms with van der Waals surface area (Å²) in [5.41, 5.74) is 0.997. The Morgan fingerprint density at radius 1 is 1.16 bits per heavy atom. The molecule has 0 atom stereocenters. The molecular weight excluding hydrogens is 299 g/mol. The zero-order valence-electron chi connectivity index (χ0n) is 10.6. The van der Waals surface area contributed by atoms with Gasteiger partial charge in [-0.1, -0.05) is 48.7 Å². The van der Waals surface area contributed by atoms with Crippen molar-refractivity contribution in [2.75, 3.05) is 0 Å². The summed E-state index contributed by atoms with van der Waals surface area (Å²) in [6.07, 6.45) is 1.97. The largest absolute Gasteiger partial charge is 0.237 e. The van der Waals surface area contributed by atoms with Gasteiger partial charge in [0.15, 0.2) is 0 Å². The van der Waals surface area contributed by atoms with E-state index in [9.17, 15) is 0 Å². The minimum Gasteiger partial charge on any atom is -0.237 e. The minimum atomic E-state index is 0.508. The summed E-state index contributed by atoms with van der Waals surface area (Å²) < 4.78 is 0. The van der Waals surface area contributed by atoms with Crippen LogP contribution in [0.5, 0.6) is 0 Å². The second kappa shape index (κ2) is 7.13. The van der Waals surface area contributed by atoms with Gasteiger partial charge in [0.25, 0.3) is 0 Å². The van der Waals surface area contributed by atoms with Gasteiger partial charge < -0.3 is 0 Å². The highest BCUT2D eigenvalue weighted by Gasteiger charge is 2.05. The lowest BCUT2D eigenvalue weighted by molar-refractivity contribution is 0.853. The number of hydrogen-bond acceptors (Lipinski definition) is 3. The molecule has 1 aromatic heterocycles. The van der Waals surface area contributed by atoms with Crippen molar-refractivity contribution < 1.29 is 0 Å². The lowest BCUT2D eigenvalue weighted by atomic mass is 10.2. The second-order valence-corrected chi connectivity index (χ2v) is 5.88. The maximum Gasteiger partial charge on any atom is 0.140 e. The van der Waals surface area contributed by atoms with E-state index in [1.54, 1.807) is 11.8 Å². The van der Waals surface area contributed by atoms with Gasteiger partial charge in [-0.2, -0.15) is 0 Å². The summed E-state index contributed by atoms with van der Waals surface area (Å²) >= 11 is 13.7. The predicted octanol–water partition coefficient (Wildman–Crippen LogP) is 5.03. The summed E-state index contributed by atoms with van der Waals surface area (Å²) in [6, 6.07) is 9.58. The van der Waals surface area contributed by atoms with E-state index >= 15 is 0 Å².